The first-order valence-electron chi connectivity index (χ1n) is 13.8. The van der Waals surface area contributed by atoms with E-state index in [2.05, 4.69) is 11.4 Å². The van der Waals surface area contributed by atoms with E-state index in [4.69, 9.17) is 10.5 Å². The number of amides is 3. The number of benzene rings is 2. The average molecular weight is 522 g/mol. The molecule has 1 fully saturated rings. The Kier molecular flexibility index (Phi) is 10.7. The van der Waals surface area contributed by atoms with Gasteiger partial charge < -0.3 is 20.7 Å². The Morgan fingerprint density at radius 1 is 1.08 bits per heavy atom. The van der Waals surface area contributed by atoms with Gasteiger partial charge in [0.1, 0.15) is 11.8 Å². The molecule has 7 nitrogen and oxygen atoms in total. The fourth-order valence-electron chi connectivity index (χ4n) is 5.36. The Morgan fingerprint density at radius 2 is 1.79 bits per heavy atom. The van der Waals surface area contributed by atoms with Crippen LogP contribution in [-0.2, 0) is 20.9 Å². The van der Waals surface area contributed by atoms with Gasteiger partial charge in [0.15, 0.2) is 0 Å². The summed E-state index contributed by atoms with van der Waals surface area (Å²) in [4.78, 5) is 41.1. The number of nitrogens with zero attached hydrogens (tertiary/aromatic N) is 1. The van der Waals surface area contributed by atoms with Gasteiger partial charge in [-0.05, 0) is 72.9 Å². The van der Waals surface area contributed by atoms with Gasteiger partial charge in [-0.15, -0.1) is 0 Å². The zero-order valence-electron chi connectivity index (χ0n) is 23.2. The quantitative estimate of drug-likeness (QED) is 0.414. The van der Waals surface area contributed by atoms with Gasteiger partial charge >= 0.3 is 0 Å². The summed E-state index contributed by atoms with van der Waals surface area (Å²) < 4.78 is 5.37. The van der Waals surface area contributed by atoms with Gasteiger partial charge in [0.05, 0.1) is 7.11 Å². The molecule has 3 atom stereocenters. The van der Waals surface area contributed by atoms with Gasteiger partial charge in [0.25, 0.3) is 0 Å². The molecule has 1 aliphatic rings. The zero-order chi connectivity index (χ0) is 27.7. The molecule has 7 heteroatoms. The van der Waals surface area contributed by atoms with Crippen molar-refractivity contribution in [2.45, 2.75) is 71.9 Å². The summed E-state index contributed by atoms with van der Waals surface area (Å²) in [7, 11) is 1.65. The highest BCUT2D eigenvalue weighted by Gasteiger charge is 2.35. The summed E-state index contributed by atoms with van der Waals surface area (Å²) in [5.41, 5.74) is 8.83. The number of hydrogen-bond acceptors (Lipinski definition) is 4. The highest BCUT2D eigenvalue weighted by atomic mass is 16.5. The number of primary amides is 1. The normalized spacial score (nSPS) is 17.6. The molecule has 2 aromatic rings. The van der Waals surface area contributed by atoms with E-state index in [1.807, 2.05) is 68.1 Å². The van der Waals surface area contributed by atoms with Gasteiger partial charge in [0, 0.05) is 24.9 Å². The van der Waals surface area contributed by atoms with E-state index in [-0.39, 0.29) is 17.7 Å². The summed E-state index contributed by atoms with van der Waals surface area (Å²) in [6, 6.07) is 15.5. The molecule has 2 aromatic carbocycles. The molecule has 1 heterocycles. The van der Waals surface area contributed by atoms with E-state index in [1.54, 1.807) is 7.11 Å². The minimum Gasteiger partial charge on any atom is -0.497 e. The maximum Gasteiger partial charge on any atom is 0.245 e. The predicted octanol–water partition coefficient (Wildman–Crippen LogP) is 4.92. The van der Waals surface area contributed by atoms with E-state index in [1.165, 1.54) is 0 Å². The Balaban J connectivity index is 1.76. The molecular weight excluding hydrogens is 478 g/mol. The number of carbonyl (C=O) groups excluding carboxylic acids is 3. The van der Waals surface area contributed by atoms with Crippen LogP contribution >= 0.6 is 0 Å². The summed E-state index contributed by atoms with van der Waals surface area (Å²) >= 11 is 0. The van der Waals surface area contributed by atoms with Crippen LogP contribution in [0.15, 0.2) is 48.5 Å². The number of methoxy groups -OCH3 is 1. The van der Waals surface area contributed by atoms with Crippen molar-refractivity contribution in [2.24, 2.45) is 23.5 Å². The first-order valence-corrected chi connectivity index (χ1v) is 13.8. The second kappa shape index (κ2) is 14.0. The van der Waals surface area contributed by atoms with Crippen molar-refractivity contribution in [3.8, 4) is 16.9 Å². The van der Waals surface area contributed by atoms with Gasteiger partial charge in [-0.1, -0.05) is 57.5 Å². The molecule has 1 unspecified atom stereocenters. The van der Waals surface area contributed by atoms with E-state index in [9.17, 15) is 14.4 Å². The number of hydrogen-bond donors (Lipinski definition) is 2. The lowest BCUT2D eigenvalue weighted by atomic mass is 9.81. The van der Waals surface area contributed by atoms with E-state index >= 15 is 0 Å². The van der Waals surface area contributed by atoms with Crippen molar-refractivity contribution in [1.82, 2.24) is 10.2 Å². The van der Waals surface area contributed by atoms with Crippen LogP contribution < -0.4 is 15.8 Å². The second-order valence-electron chi connectivity index (χ2n) is 10.8. The molecule has 206 valence electrons. The maximum absolute atomic E-state index is 13.6. The van der Waals surface area contributed by atoms with Crippen LogP contribution in [0, 0.1) is 17.8 Å². The first kappa shape index (κ1) is 29.2. The number of likely N-dealkylation sites (tertiary alicyclic amines) is 1. The minimum atomic E-state index is -0.601. The fraction of sp³-hybridized carbons (Fsp3) is 0.516. The van der Waals surface area contributed by atoms with Crippen LogP contribution in [0.5, 0.6) is 5.75 Å². The lowest BCUT2D eigenvalue weighted by Crippen LogP contribution is -2.50. The number of nitrogens with two attached hydrogens (primary N) is 1. The van der Waals surface area contributed by atoms with E-state index in [0.717, 1.165) is 41.7 Å². The van der Waals surface area contributed by atoms with E-state index < -0.39 is 23.8 Å². The Bertz CT molecular complexity index is 1100. The Morgan fingerprint density at radius 3 is 2.45 bits per heavy atom. The predicted molar refractivity (Wildman–Crippen MR) is 150 cm³/mol. The van der Waals surface area contributed by atoms with Crippen molar-refractivity contribution >= 4 is 17.7 Å². The third kappa shape index (κ3) is 7.83. The van der Waals surface area contributed by atoms with Crippen molar-refractivity contribution in [3.63, 3.8) is 0 Å². The van der Waals surface area contributed by atoms with Crippen molar-refractivity contribution < 1.29 is 19.1 Å². The van der Waals surface area contributed by atoms with Crippen LogP contribution in [0.2, 0.25) is 0 Å². The number of ether oxygens (including phenoxy) is 1. The lowest BCUT2D eigenvalue weighted by molar-refractivity contribution is -0.139. The van der Waals surface area contributed by atoms with Crippen LogP contribution in [-0.4, -0.2) is 42.3 Å². The fourth-order valence-corrected chi connectivity index (χ4v) is 5.36. The molecule has 0 aromatic heterocycles. The number of rotatable bonds is 12. The molecule has 38 heavy (non-hydrogen) atoms. The molecule has 0 bridgehead atoms. The van der Waals surface area contributed by atoms with Gasteiger partial charge in [-0.2, -0.15) is 0 Å². The smallest absolute Gasteiger partial charge is 0.245 e. The molecule has 3 rings (SSSR count). The third-order valence-electron chi connectivity index (χ3n) is 7.31. The largest absolute Gasteiger partial charge is 0.497 e. The van der Waals surface area contributed by atoms with Crippen molar-refractivity contribution in [2.75, 3.05) is 13.7 Å². The topological polar surface area (TPSA) is 102 Å². The molecule has 1 saturated heterocycles. The second-order valence-corrected chi connectivity index (χ2v) is 10.8. The third-order valence-corrected chi connectivity index (χ3v) is 7.31. The monoisotopic (exact) mass is 521 g/mol. The van der Waals surface area contributed by atoms with Crippen LogP contribution in [0.3, 0.4) is 0 Å². The summed E-state index contributed by atoms with van der Waals surface area (Å²) in [5.74, 6) is -0.800. The molecule has 3 N–H and O–H groups in total. The molecule has 0 saturated carbocycles. The summed E-state index contributed by atoms with van der Waals surface area (Å²) in [6.07, 6.45) is 4.20. The zero-order valence-corrected chi connectivity index (χ0v) is 23.2. The number of nitrogens with one attached hydrogen (secondary N) is 1. The molecule has 1 aliphatic heterocycles. The average Bonchev–Trinajstić information content (AvgIpc) is 3.07. The van der Waals surface area contributed by atoms with Crippen LogP contribution in [0.1, 0.15) is 64.9 Å². The van der Waals surface area contributed by atoms with Gasteiger partial charge in [0.2, 0.25) is 17.7 Å². The molecule has 0 spiro atoms. The summed E-state index contributed by atoms with van der Waals surface area (Å²) in [6.45, 7) is 7.16. The molecular formula is C31H43N3O4. The Hall–Kier alpha value is -3.35. The summed E-state index contributed by atoms with van der Waals surface area (Å²) in [5, 5.41) is 3.02. The van der Waals surface area contributed by atoms with Gasteiger partial charge in [-0.3, -0.25) is 14.4 Å². The van der Waals surface area contributed by atoms with Gasteiger partial charge in [-0.25, -0.2) is 0 Å². The SMILES string of the molecule is CCC[C@H](C(N)=O)C(CC(C)C)C(=O)N[C@H]1CCCCN(Cc2cccc(-c3cccc(OC)c3)c2)C1=O. The first-order chi connectivity index (χ1) is 18.2. The van der Waals surface area contributed by atoms with Crippen LogP contribution in [0.4, 0.5) is 0 Å². The van der Waals surface area contributed by atoms with Crippen LogP contribution in [0.25, 0.3) is 11.1 Å². The highest BCUT2D eigenvalue weighted by molar-refractivity contribution is 5.91. The maximum atomic E-state index is 13.6. The Labute approximate surface area is 227 Å². The number of carbonyl (C=O) groups is 3. The highest BCUT2D eigenvalue weighted by Crippen LogP contribution is 2.27. The molecule has 3 amide bonds. The molecule has 0 radical (unpaired) electrons. The minimum absolute atomic E-state index is 0.0722. The van der Waals surface area contributed by atoms with Crippen molar-refractivity contribution in [1.29, 1.82) is 0 Å². The van der Waals surface area contributed by atoms with E-state index in [0.29, 0.717) is 32.4 Å². The lowest BCUT2D eigenvalue weighted by Gasteiger charge is -2.29. The van der Waals surface area contributed by atoms with Crippen molar-refractivity contribution in [3.05, 3.63) is 54.1 Å². The molecule has 0 aliphatic carbocycles. The standard InChI is InChI=1S/C31H43N3O4/c1-5-10-26(29(32)35)27(17-21(2)3)30(36)33-28-15-6-7-16-34(31(28)37)20-22-11-8-12-23(18-22)24-13-9-14-25(19-24)38-4/h8-9,11-14,18-19,21,26-28H,5-7,10,15-17,20H2,1-4H3,(H2,32,35)(H,33,36)/t26-,27?,28-/m0/s1.